The molecule has 0 bridgehead atoms. The smallest absolute Gasteiger partial charge is 0.295 e. The van der Waals surface area contributed by atoms with E-state index in [0.29, 0.717) is 0 Å². The first-order valence-electron chi connectivity index (χ1n) is 8.25. The monoisotopic (exact) mass is 446 g/mol. The molecule has 8 nitrogen and oxygen atoms in total. The van der Waals surface area contributed by atoms with Crippen LogP contribution >= 0.6 is 15.9 Å². The maximum Gasteiger partial charge on any atom is 0.295 e. The summed E-state index contributed by atoms with van der Waals surface area (Å²) in [6, 6.07) is 10.9. The Bertz CT molecular complexity index is 986. The van der Waals surface area contributed by atoms with Gasteiger partial charge in [0.05, 0.1) is 28.7 Å². The second-order valence-electron chi connectivity index (χ2n) is 6.04. The van der Waals surface area contributed by atoms with Crippen LogP contribution in [0.1, 0.15) is 17.2 Å². The summed E-state index contributed by atoms with van der Waals surface area (Å²) in [7, 11) is 0. The molecule has 3 rings (SSSR count). The van der Waals surface area contributed by atoms with Crippen molar-refractivity contribution in [1.82, 2.24) is 4.90 Å². The summed E-state index contributed by atoms with van der Waals surface area (Å²) in [6.45, 7) is -0.652. The lowest BCUT2D eigenvalue weighted by Gasteiger charge is -2.24. The van der Waals surface area contributed by atoms with E-state index in [1.54, 1.807) is 30.3 Å². The van der Waals surface area contributed by atoms with Gasteiger partial charge in [0.2, 0.25) is 0 Å². The second-order valence-corrected chi connectivity index (χ2v) is 6.95. The number of hydrogen-bond donors (Lipinski definition) is 2. The van der Waals surface area contributed by atoms with Crippen LogP contribution in [0.15, 0.2) is 58.6 Å². The molecule has 1 aliphatic rings. The summed E-state index contributed by atoms with van der Waals surface area (Å²) < 4.78 is 0.750. The van der Waals surface area contributed by atoms with Crippen LogP contribution in [0, 0.1) is 10.1 Å². The van der Waals surface area contributed by atoms with Gasteiger partial charge in [0.15, 0.2) is 0 Å². The molecule has 1 amide bonds. The number of nitro groups is 1. The van der Waals surface area contributed by atoms with Crippen LogP contribution in [0.3, 0.4) is 0 Å². The van der Waals surface area contributed by atoms with E-state index in [4.69, 9.17) is 0 Å². The molecule has 0 radical (unpaired) electrons. The number of hydrogen-bond acceptors (Lipinski definition) is 6. The van der Waals surface area contributed by atoms with Gasteiger partial charge in [0.25, 0.3) is 17.4 Å². The third kappa shape index (κ3) is 3.41. The minimum absolute atomic E-state index is 0.0822. The standard InChI is InChI=1S/C19H15BrN2O6/c20-12-7-5-11(6-8-12)17(24)15-16(21(9-10-23)19(26)18(15)25)13-3-1-2-4-14(13)22(27)28/h1-8,16,23-24H,9-10H2/b17-15+/t16-/m0/s1. The van der Waals surface area contributed by atoms with Crippen LogP contribution in [0.2, 0.25) is 0 Å². The molecular weight excluding hydrogens is 432 g/mol. The molecule has 0 aliphatic carbocycles. The van der Waals surface area contributed by atoms with Gasteiger partial charge in [-0.15, -0.1) is 0 Å². The van der Waals surface area contributed by atoms with Crippen molar-refractivity contribution in [1.29, 1.82) is 0 Å². The first-order chi connectivity index (χ1) is 13.4. The lowest BCUT2D eigenvalue weighted by molar-refractivity contribution is -0.385. The molecule has 1 saturated heterocycles. The van der Waals surface area contributed by atoms with Crippen LogP contribution < -0.4 is 0 Å². The molecule has 0 saturated carbocycles. The highest BCUT2D eigenvalue weighted by Crippen LogP contribution is 2.42. The molecule has 2 aromatic rings. The number of aliphatic hydroxyl groups is 2. The molecular formula is C19H15BrN2O6. The number of Topliss-reactive ketones (excluding diaryl/α,β-unsaturated/α-hetero) is 1. The zero-order valence-corrected chi connectivity index (χ0v) is 16.0. The number of carbonyl (C=O) groups excluding carboxylic acids is 2. The molecule has 2 N–H and O–H groups in total. The largest absolute Gasteiger partial charge is 0.507 e. The number of nitrogens with zero attached hydrogens (tertiary/aromatic N) is 2. The Balaban J connectivity index is 2.26. The topological polar surface area (TPSA) is 121 Å². The van der Waals surface area contributed by atoms with Crippen molar-refractivity contribution in [3.05, 3.63) is 79.8 Å². The Labute approximate surface area is 168 Å². The Kier molecular flexibility index (Phi) is 5.57. The number of nitro benzene ring substituents is 1. The minimum atomic E-state index is -1.18. The van der Waals surface area contributed by atoms with E-state index in [1.165, 1.54) is 18.2 Å². The summed E-state index contributed by atoms with van der Waals surface area (Å²) in [6.07, 6.45) is 0. The Hall–Kier alpha value is -3.04. The van der Waals surface area contributed by atoms with Gasteiger partial charge in [-0.1, -0.05) is 40.2 Å². The number of carbonyl (C=O) groups is 2. The van der Waals surface area contributed by atoms with Gasteiger partial charge in [-0.2, -0.15) is 0 Å². The highest BCUT2D eigenvalue weighted by atomic mass is 79.9. The first kappa shape index (κ1) is 19.7. The van der Waals surface area contributed by atoms with E-state index in [-0.39, 0.29) is 28.9 Å². The second kappa shape index (κ2) is 7.91. The molecule has 144 valence electrons. The minimum Gasteiger partial charge on any atom is -0.507 e. The van der Waals surface area contributed by atoms with Gasteiger partial charge in [0.1, 0.15) is 5.76 Å². The number of β-amino-alcohol motifs (C(OH)–C–C–N with tert-alkyl or cyclic N) is 1. The quantitative estimate of drug-likeness (QED) is 0.239. The maximum atomic E-state index is 12.7. The van der Waals surface area contributed by atoms with Crippen LogP contribution in [0.5, 0.6) is 0 Å². The number of halogens is 1. The Morgan fingerprint density at radius 1 is 1.14 bits per heavy atom. The summed E-state index contributed by atoms with van der Waals surface area (Å²) >= 11 is 3.27. The van der Waals surface area contributed by atoms with E-state index in [2.05, 4.69) is 15.9 Å². The fraction of sp³-hybridized carbons (Fsp3) is 0.158. The Morgan fingerprint density at radius 3 is 2.39 bits per heavy atom. The SMILES string of the molecule is O=C1C(=O)N(CCO)[C@@H](c2ccccc2[N+](=O)[O-])/C1=C(\O)c1ccc(Br)cc1. The van der Waals surface area contributed by atoms with Crippen molar-refractivity contribution in [2.45, 2.75) is 6.04 Å². The molecule has 1 aliphatic heterocycles. The zero-order chi connectivity index (χ0) is 20.4. The molecule has 2 aromatic carbocycles. The molecule has 9 heteroatoms. The van der Waals surface area contributed by atoms with Crippen molar-refractivity contribution in [2.75, 3.05) is 13.2 Å². The normalized spacial score (nSPS) is 18.5. The third-order valence-electron chi connectivity index (χ3n) is 4.43. The number of ketones is 1. The summed E-state index contributed by atoms with van der Waals surface area (Å²) in [5.41, 5.74) is -0.179. The molecule has 0 spiro atoms. The summed E-state index contributed by atoms with van der Waals surface area (Å²) in [5, 5.41) is 31.6. The zero-order valence-electron chi connectivity index (χ0n) is 14.4. The van der Waals surface area contributed by atoms with Gasteiger partial charge in [0, 0.05) is 22.6 Å². The van der Waals surface area contributed by atoms with Crippen molar-refractivity contribution in [3.63, 3.8) is 0 Å². The fourth-order valence-electron chi connectivity index (χ4n) is 3.19. The lowest BCUT2D eigenvalue weighted by atomic mass is 9.94. The average Bonchev–Trinajstić information content (AvgIpc) is 2.93. The van der Waals surface area contributed by atoms with Crippen molar-refractivity contribution < 1.29 is 24.7 Å². The van der Waals surface area contributed by atoms with Gasteiger partial charge in [-0.05, 0) is 18.2 Å². The van der Waals surface area contributed by atoms with Crippen molar-refractivity contribution >= 4 is 39.1 Å². The third-order valence-corrected chi connectivity index (χ3v) is 4.96. The number of likely N-dealkylation sites (tertiary alicyclic amines) is 1. The highest BCUT2D eigenvalue weighted by molar-refractivity contribution is 9.10. The molecule has 1 fully saturated rings. The van der Waals surface area contributed by atoms with Gasteiger partial charge in [-0.3, -0.25) is 19.7 Å². The first-order valence-corrected chi connectivity index (χ1v) is 9.04. The number of para-hydroxylation sites is 1. The fourth-order valence-corrected chi connectivity index (χ4v) is 3.45. The number of amides is 1. The lowest BCUT2D eigenvalue weighted by Crippen LogP contribution is -2.32. The molecule has 0 unspecified atom stereocenters. The number of rotatable bonds is 5. The predicted octanol–water partition coefficient (Wildman–Crippen LogP) is 2.77. The maximum absolute atomic E-state index is 12.7. The highest BCUT2D eigenvalue weighted by Gasteiger charge is 2.47. The van der Waals surface area contributed by atoms with Gasteiger partial charge in [-0.25, -0.2) is 0 Å². The molecule has 1 atom stereocenters. The van der Waals surface area contributed by atoms with E-state index < -0.39 is 35.0 Å². The van der Waals surface area contributed by atoms with Crippen LogP contribution in [0.4, 0.5) is 5.69 Å². The number of aliphatic hydroxyl groups excluding tert-OH is 2. The molecule has 1 heterocycles. The Morgan fingerprint density at radius 2 is 1.79 bits per heavy atom. The van der Waals surface area contributed by atoms with Crippen molar-refractivity contribution in [2.24, 2.45) is 0 Å². The number of benzene rings is 2. The predicted molar refractivity (Wildman–Crippen MR) is 103 cm³/mol. The van der Waals surface area contributed by atoms with Crippen LogP contribution in [-0.4, -0.2) is 44.9 Å². The van der Waals surface area contributed by atoms with Gasteiger partial charge >= 0.3 is 0 Å². The average molecular weight is 447 g/mol. The summed E-state index contributed by atoms with van der Waals surface area (Å²) in [4.78, 5) is 37.1. The van der Waals surface area contributed by atoms with Crippen LogP contribution in [-0.2, 0) is 9.59 Å². The molecule has 28 heavy (non-hydrogen) atoms. The van der Waals surface area contributed by atoms with E-state index >= 15 is 0 Å². The molecule has 0 aromatic heterocycles. The van der Waals surface area contributed by atoms with E-state index in [1.807, 2.05) is 0 Å². The van der Waals surface area contributed by atoms with E-state index in [0.717, 1.165) is 9.37 Å². The van der Waals surface area contributed by atoms with E-state index in [9.17, 15) is 29.9 Å². The summed E-state index contributed by atoms with van der Waals surface area (Å²) in [5.74, 6) is -2.33. The van der Waals surface area contributed by atoms with Crippen LogP contribution in [0.25, 0.3) is 5.76 Å². The van der Waals surface area contributed by atoms with Crippen molar-refractivity contribution in [3.8, 4) is 0 Å². The van der Waals surface area contributed by atoms with Gasteiger partial charge < -0.3 is 15.1 Å².